The van der Waals surface area contributed by atoms with Crippen LogP contribution in [0.3, 0.4) is 0 Å². The van der Waals surface area contributed by atoms with E-state index < -0.39 is 10.0 Å². The van der Waals surface area contributed by atoms with Crippen LogP contribution in [0.15, 0.2) is 47.4 Å². The van der Waals surface area contributed by atoms with Gasteiger partial charge in [0.1, 0.15) is 0 Å². The molecule has 0 saturated heterocycles. The van der Waals surface area contributed by atoms with Crippen molar-refractivity contribution in [2.45, 2.75) is 32.1 Å². The zero-order valence-corrected chi connectivity index (χ0v) is 15.7. The highest BCUT2D eigenvalue weighted by atomic mass is 32.2. The first kappa shape index (κ1) is 19.3. The van der Waals surface area contributed by atoms with E-state index in [1.165, 1.54) is 0 Å². The third kappa shape index (κ3) is 5.47. The number of sulfonamides is 1. The number of benzene rings is 2. The normalized spacial score (nSPS) is 11.3. The molecule has 0 aliphatic carbocycles. The molecule has 0 fully saturated rings. The summed E-state index contributed by atoms with van der Waals surface area (Å²) < 4.78 is 38.4. The Balaban J connectivity index is 2.02. The van der Waals surface area contributed by atoms with Crippen LogP contribution in [-0.2, 0) is 16.4 Å². The molecule has 0 atom stereocenters. The van der Waals surface area contributed by atoms with Gasteiger partial charge in [-0.2, -0.15) is 0 Å². The zero-order chi connectivity index (χ0) is 18.3. The summed E-state index contributed by atoms with van der Waals surface area (Å²) in [5.41, 5.74) is 1.90. The maximum atomic E-state index is 12.3. The van der Waals surface area contributed by atoms with Gasteiger partial charge in [-0.1, -0.05) is 18.2 Å². The molecule has 0 aliphatic heterocycles. The van der Waals surface area contributed by atoms with Gasteiger partial charge in [0.2, 0.25) is 10.0 Å². The third-order valence-electron chi connectivity index (χ3n) is 3.61. The van der Waals surface area contributed by atoms with Gasteiger partial charge in [0.05, 0.1) is 18.1 Å². The minimum atomic E-state index is -3.50. The summed E-state index contributed by atoms with van der Waals surface area (Å²) in [6.45, 7) is 7.13. The lowest BCUT2D eigenvalue weighted by Crippen LogP contribution is -2.26. The molecule has 136 valence electrons. The molecule has 0 unspecified atom stereocenters. The van der Waals surface area contributed by atoms with Gasteiger partial charge < -0.3 is 9.47 Å². The molecular weight excluding hydrogens is 338 g/mol. The van der Waals surface area contributed by atoms with Crippen molar-refractivity contribution in [2.75, 3.05) is 19.8 Å². The van der Waals surface area contributed by atoms with Crippen molar-refractivity contribution in [2.24, 2.45) is 0 Å². The van der Waals surface area contributed by atoms with E-state index in [2.05, 4.69) is 4.72 Å². The average Bonchev–Trinajstić information content (AvgIpc) is 2.57. The van der Waals surface area contributed by atoms with Crippen LogP contribution in [0.5, 0.6) is 11.5 Å². The molecular formula is C19H25NO4S. The monoisotopic (exact) mass is 363 g/mol. The van der Waals surface area contributed by atoms with Gasteiger partial charge in [-0.3, -0.25) is 0 Å². The largest absolute Gasteiger partial charge is 0.490 e. The lowest BCUT2D eigenvalue weighted by molar-refractivity contribution is 0.287. The molecule has 5 nitrogen and oxygen atoms in total. The highest BCUT2D eigenvalue weighted by Crippen LogP contribution is 2.28. The van der Waals surface area contributed by atoms with Crippen LogP contribution in [0.25, 0.3) is 0 Å². The fourth-order valence-corrected chi connectivity index (χ4v) is 3.58. The summed E-state index contributed by atoms with van der Waals surface area (Å²) >= 11 is 0. The topological polar surface area (TPSA) is 64.6 Å². The van der Waals surface area contributed by atoms with E-state index in [9.17, 15) is 8.42 Å². The van der Waals surface area contributed by atoms with Crippen LogP contribution in [0, 0.1) is 6.92 Å². The predicted octanol–water partition coefficient (Wildman–Crippen LogP) is 3.31. The third-order valence-corrected chi connectivity index (χ3v) is 5.07. The first-order chi connectivity index (χ1) is 12.0. The highest BCUT2D eigenvalue weighted by Gasteiger charge is 2.13. The van der Waals surface area contributed by atoms with Crippen molar-refractivity contribution in [3.63, 3.8) is 0 Å². The van der Waals surface area contributed by atoms with Crippen LogP contribution in [-0.4, -0.2) is 28.2 Å². The Labute approximate surface area is 150 Å². The average molecular weight is 363 g/mol. The van der Waals surface area contributed by atoms with E-state index in [1.807, 2.05) is 45.0 Å². The fourth-order valence-electron chi connectivity index (χ4n) is 2.45. The van der Waals surface area contributed by atoms with Gasteiger partial charge in [0.25, 0.3) is 0 Å². The minimum Gasteiger partial charge on any atom is -0.490 e. The van der Waals surface area contributed by atoms with Crippen molar-refractivity contribution >= 4 is 10.0 Å². The van der Waals surface area contributed by atoms with Crippen molar-refractivity contribution < 1.29 is 17.9 Å². The second kappa shape index (κ2) is 8.87. The van der Waals surface area contributed by atoms with Crippen molar-refractivity contribution in [3.8, 4) is 11.5 Å². The second-order valence-corrected chi connectivity index (χ2v) is 7.38. The molecule has 25 heavy (non-hydrogen) atoms. The molecule has 2 aromatic rings. The van der Waals surface area contributed by atoms with Crippen LogP contribution < -0.4 is 14.2 Å². The van der Waals surface area contributed by atoms with Crippen LogP contribution in [0.1, 0.15) is 25.0 Å². The van der Waals surface area contributed by atoms with Gasteiger partial charge >= 0.3 is 0 Å². The maximum absolute atomic E-state index is 12.3. The molecule has 0 aromatic heterocycles. The number of ether oxygens (including phenoxy) is 2. The standard InChI is InChI=1S/C19H25NO4S/c1-4-23-18-10-9-16(14-19(18)24-5-2)11-12-20-25(21,22)17-8-6-7-15(3)13-17/h6-10,13-14,20H,4-5,11-12H2,1-3H3. The van der Waals surface area contributed by atoms with Gasteiger partial charge in [0, 0.05) is 6.54 Å². The fraction of sp³-hybridized carbons (Fsp3) is 0.368. The van der Waals surface area contributed by atoms with Crippen LogP contribution in [0.4, 0.5) is 0 Å². The number of nitrogens with one attached hydrogen (secondary N) is 1. The lowest BCUT2D eigenvalue weighted by atomic mass is 10.1. The first-order valence-electron chi connectivity index (χ1n) is 8.41. The Bertz CT molecular complexity index is 803. The second-order valence-electron chi connectivity index (χ2n) is 5.61. The summed E-state index contributed by atoms with van der Waals surface area (Å²) in [5.74, 6) is 1.39. The number of hydrogen-bond acceptors (Lipinski definition) is 4. The van der Waals surface area contributed by atoms with Gasteiger partial charge in [-0.05, 0) is 62.6 Å². The van der Waals surface area contributed by atoms with Gasteiger partial charge in [0.15, 0.2) is 11.5 Å². The molecule has 0 saturated carbocycles. The molecule has 6 heteroatoms. The Morgan fingerprint density at radius 2 is 1.68 bits per heavy atom. The summed E-state index contributed by atoms with van der Waals surface area (Å²) in [6, 6.07) is 12.5. The van der Waals surface area contributed by atoms with Crippen molar-refractivity contribution in [1.82, 2.24) is 4.72 Å². The maximum Gasteiger partial charge on any atom is 0.240 e. The molecule has 0 amide bonds. The van der Waals surface area contributed by atoms with Gasteiger partial charge in [-0.25, -0.2) is 13.1 Å². The molecule has 0 bridgehead atoms. The van der Waals surface area contributed by atoms with E-state index in [0.29, 0.717) is 37.7 Å². The molecule has 0 spiro atoms. The van der Waals surface area contributed by atoms with E-state index in [-0.39, 0.29) is 4.90 Å². The van der Waals surface area contributed by atoms with E-state index in [1.54, 1.807) is 18.2 Å². The molecule has 0 radical (unpaired) electrons. The molecule has 2 rings (SSSR count). The summed E-state index contributed by atoms with van der Waals surface area (Å²) in [6.07, 6.45) is 0.567. The summed E-state index contributed by atoms with van der Waals surface area (Å²) in [5, 5.41) is 0. The summed E-state index contributed by atoms with van der Waals surface area (Å²) in [4.78, 5) is 0.286. The summed E-state index contributed by atoms with van der Waals surface area (Å²) in [7, 11) is -3.50. The van der Waals surface area contributed by atoms with Crippen molar-refractivity contribution in [3.05, 3.63) is 53.6 Å². The van der Waals surface area contributed by atoms with E-state index in [4.69, 9.17) is 9.47 Å². The van der Waals surface area contributed by atoms with E-state index >= 15 is 0 Å². The first-order valence-corrected chi connectivity index (χ1v) is 9.89. The number of aryl methyl sites for hydroxylation is 1. The lowest BCUT2D eigenvalue weighted by Gasteiger charge is -2.13. The Hall–Kier alpha value is -2.05. The SMILES string of the molecule is CCOc1ccc(CCNS(=O)(=O)c2cccc(C)c2)cc1OCC. The molecule has 0 aliphatic rings. The van der Waals surface area contributed by atoms with Gasteiger partial charge in [-0.15, -0.1) is 0 Å². The number of hydrogen-bond donors (Lipinski definition) is 1. The zero-order valence-electron chi connectivity index (χ0n) is 14.9. The quantitative estimate of drug-likeness (QED) is 0.742. The Morgan fingerprint density at radius 1 is 0.960 bits per heavy atom. The van der Waals surface area contributed by atoms with Crippen LogP contribution in [0.2, 0.25) is 0 Å². The predicted molar refractivity (Wildman–Crippen MR) is 98.9 cm³/mol. The molecule has 2 aromatic carbocycles. The molecule has 1 N–H and O–H groups in total. The van der Waals surface area contributed by atoms with Crippen LogP contribution >= 0.6 is 0 Å². The smallest absolute Gasteiger partial charge is 0.240 e. The highest BCUT2D eigenvalue weighted by molar-refractivity contribution is 7.89. The minimum absolute atomic E-state index is 0.286. The van der Waals surface area contributed by atoms with Crippen molar-refractivity contribution in [1.29, 1.82) is 0 Å². The molecule has 0 heterocycles. The Kier molecular flexibility index (Phi) is 6.84. The number of rotatable bonds is 9. The Morgan fingerprint density at radius 3 is 2.36 bits per heavy atom. The van der Waals surface area contributed by atoms with E-state index in [0.717, 1.165) is 11.1 Å².